The number of rotatable bonds is 6. The van der Waals surface area contributed by atoms with Crippen molar-refractivity contribution in [3.8, 4) is 0 Å². The molecular formula is C17H17ClO3. The maximum absolute atomic E-state index is 11.4. The molecule has 0 aliphatic carbocycles. The highest BCUT2D eigenvalue weighted by Crippen LogP contribution is 2.18. The van der Waals surface area contributed by atoms with Gasteiger partial charge in [-0.25, -0.2) is 4.79 Å². The summed E-state index contributed by atoms with van der Waals surface area (Å²) in [5.41, 5.74) is 2.86. The highest BCUT2D eigenvalue weighted by atomic mass is 35.5. The fourth-order valence-corrected chi connectivity index (χ4v) is 2.30. The fourth-order valence-electron chi connectivity index (χ4n) is 2.08. The van der Waals surface area contributed by atoms with Gasteiger partial charge in [0.15, 0.2) is 6.10 Å². The first-order valence-corrected chi connectivity index (χ1v) is 7.07. The van der Waals surface area contributed by atoms with Gasteiger partial charge in [0, 0.05) is 11.4 Å². The van der Waals surface area contributed by atoms with Crippen LogP contribution in [0.25, 0.3) is 0 Å². The summed E-state index contributed by atoms with van der Waals surface area (Å²) in [6, 6.07) is 15.0. The van der Waals surface area contributed by atoms with Gasteiger partial charge in [-0.05, 0) is 35.7 Å². The maximum Gasteiger partial charge on any atom is 0.333 e. The second kappa shape index (κ2) is 7.25. The number of aryl methyl sites for hydroxylation is 1. The lowest BCUT2D eigenvalue weighted by Gasteiger charge is -2.15. The number of carboxylic acids is 1. The normalized spacial score (nSPS) is 12.1. The van der Waals surface area contributed by atoms with E-state index >= 15 is 0 Å². The average Bonchev–Trinajstić information content (AvgIpc) is 2.46. The smallest absolute Gasteiger partial charge is 0.333 e. The second-order valence-corrected chi connectivity index (χ2v) is 5.33. The zero-order valence-electron chi connectivity index (χ0n) is 11.8. The first kappa shape index (κ1) is 15.5. The first-order chi connectivity index (χ1) is 10.1. The summed E-state index contributed by atoms with van der Waals surface area (Å²) in [6.45, 7) is 2.20. The molecule has 1 unspecified atom stereocenters. The van der Waals surface area contributed by atoms with Gasteiger partial charge in [-0.2, -0.15) is 0 Å². The summed E-state index contributed by atoms with van der Waals surface area (Å²) in [6.07, 6.45) is -0.546. The summed E-state index contributed by atoms with van der Waals surface area (Å²) in [5.74, 6) is -0.958. The molecule has 2 aromatic rings. The molecule has 0 saturated carbocycles. The Morgan fingerprint density at radius 2 is 1.95 bits per heavy atom. The molecule has 0 heterocycles. The largest absolute Gasteiger partial charge is 0.479 e. The third kappa shape index (κ3) is 4.59. The molecule has 0 bridgehead atoms. The van der Waals surface area contributed by atoms with Crippen molar-refractivity contribution in [3.05, 3.63) is 70.2 Å². The molecule has 4 heteroatoms. The summed E-state index contributed by atoms with van der Waals surface area (Å²) >= 11 is 5.91. The number of halogens is 1. The predicted octanol–water partition coefficient (Wildman–Crippen LogP) is 3.86. The SMILES string of the molecule is Cc1cc(Cl)ccc1CC(OCc1ccccc1)C(=O)O. The number of hydrogen-bond acceptors (Lipinski definition) is 2. The Bertz CT molecular complexity index is 611. The molecule has 0 aliphatic rings. The zero-order chi connectivity index (χ0) is 15.2. The van der Waals surface area contributed by atoms with Crippen LogP contribution in [0.5, 0.6) is 0 Å². The van der Waals surface area contributed by atoms with Crippen LogP contribution in [0.4, 0.5) is 0 Å². The van der Waals surface area contributed by atoms with Crippen molar-refractivity contribution >= 4 is 17.6 Å². The number of benzene rings is 2. The van der Waals surface area contributed by atoms with Crippen LogP contribution in [0.2, 0.25) is 5.02 Å². The molecule has 3 nitrogen and oxygen atoms in total. The minimum atomic E-state index is -0.958. The van der Waals surface area contributed by atoms with Crippen LogP contribution in [-0.4, -0.2) is 17.2 Å². The van der Waals surface area contributed by atoms with E-state index < -0.39 is 12.1 Å². The molecule has 0 spiro atoms. The van der Waals surface area contributed by atoms with Gasteiger partial charge in [-0.3, -0.25) is 0 Å². The van der Waals surface area contributed by atoms with Gasteiger partial charge >= 0.3 is 5.97 Å². The van der Waals surface area contributed by atoms with E-state index in [1.807, 2.05) is 49.4 Å². The van der Waals surface area contributed by atoms with Gasteiger partial charge in [0.25, 0.3) is 0 Å². The zero-order valence-corrected chi connectivity index (χ0v) is 12.5. The van der Waals surface area contributed by atoms with Crippen LogP contribution in [-0.2, 0) is 22.6 Å². The van der Waals surface area contributed by atoms with Crippen molar-refractivity contribution in [2.75, 3.05) is 0 Å². The molecule has 2 rings (SSSR count). The van der Waals surface area contributed by atoms with Crippen molar-refractivity contribution in [2.45, 2.75) is 26.1 Å². The number of hydrogen-bond donors (Lipinski definition) is 1. The summed E-state index contributed by atoms with van der Waals surface area (Å²) < 4.78 is 5.55. The van der Waals surface area contributed by atoms with Crippen LogP contribution >= 0.6 is 11.6 Å². The molecule has 0 fully saturated rings. The van der Waals surface area contributed by atoms with Gasteiger partial charge in [0.05, 0.1) is 6.61 Å². The third-order valence-corrected chi connectivity index (χ3v) is 3.51. The summed E-state index contributed by atoms with van der Waals surface area (Å²) in [7, 11) is 0. The van der Waals surface area contributed by atoms with Crippen LogP contribution in [0.1, 0.15) is 16.7 Å². The number of carbonyl (C=O) groups is 1. The molecule has 21 heavy (non-hydrogen) atoms. The van der Waals surface area contributed by atoms with E-state index in [9.17, 15) is 9.90 Å². The van der Waals surface area contributed by atoms with Crippen LogP contribution in [0.15, 0.2) is 48.5 Å². The third-order valence-electron chi connectivity index (χ3n) is 3.28. The van der Waals surface area contributed by atoms with Gasteiger partial charge in [-0.1, -0.05) is 48.0 Å². The Hall–Kier alpha value is -1.84. The molecule has 110 valence electrons. The summed E-state index contributed by atoms with van der Waals surface area (Å²) in [4.78, 5) is 11.4. The predicted molar refractivity (Wildman–Crippen MR) is 82.5 cm³/mol. The van der Waals surface area contributed by atoms with Crippen LogP contribution in [0.3, 0.4) is 0 Å². The Balaban J connectivity index is 2.04. The van der Waals surface area contributed by atoms with Crippen molar-refractivity contribution < 1.29 is 14.6 Å². The van der Waals surface area contributed by atoms with Gasteiger partial charge in [0.1, 0.15) is 0 Å². The van der Waals surface area contributed by atoms with Crippen LogP contribution < -0.4 is 0 Å². The minimum absolute atomic E-state index is 0.282. The standard InChI is InChI=1S/C17H17ClO3/c1-12-9-15(18)8-7-14(12)10-16(17(19)20)21-11-13-5-3-2-4-6-13/h2-9,16H,10-11H2,1H3,(H,19,20). The fraction of sp³-hybridized carbons (Fsp3) is 0.235. The number of ether oxygens (including phenoxy) is 1. The van der Waals surface area contributed by atoms with Crippen molar-refractivity contribution in [3.63, 3.8) is 0 Å². The molecule has 0 aliphatic heterocycles. The van der Waals surface area contributed by atoms with E-state index in [1.165, 1.54) is 0 Å². The Kier molecular flexibility index (Phi) is 5.37. The Morgan fingerprint density at radius 3 is 2.57 bits per heavy atom. The van der Waals surface area contributed by atoms with Crippen molar-refractivity contribution in [2.24, 2.45) is 0 Å². The molecule has 2 aromatic carbocycles. The number of aliphatic carboxylic acids is 1. The average molecular weight is 305 g/mol. The molecule has 0 radical (unpaired) electrons. The number of carboxylic acid groups (broad SMARTS) is 1. The van der Waals surface area contributed by atoms with Crippen LogP contribution in [0, 0.1) is 6.92 Å². The minimum Gasteiger partial charge on any atom is -0.479 e. The van der Waals surface area contributed by atoms with Gasteiger partial charge < -0.3 is 9.84 Å². The van der Waals surface area contributed by atoms with E-state index in [1.54, 1.807) is 6.07 Å². The molecule has 1 atom stereocenters. The van der Waals surface area contributed by atoms with Crippen molar-refractivity contribution in [1.29, 1.82) is 0 Å². The Labute approximate surface area is 129 Å². The van der Waals surface area contributed by atoms with E-state index in [-0.39, 0.29) is 6.61 Å². The van der Waals surface area contributed by atoms with Gasteiger partial charge in [0.2, 0.25) is 0 Å². The highest BCUT2D eigenvalue weighted by molar-refractivity contribution is 6.30. The first-order valence-electron chi connectivity index (χ1n) is 6.69. The van der Waals surface area contributed by atoms with E-state index in [2.05, 4.69) is 0 Å². The Morgan fingerprint density at radius 1 is 1.24 bits per heavy atom. The molecule has 1 N–H and O–H groups in total. The lowest BCUT2D eigenvalue weighted by atomic mass is 10.0. The van der Waals surface area contributed by atoms with E-state index in [0.717, 1.165) is 16.7 Å². The lowest BCUT2D eigenvalue weighted by molar-refractivity contribution is -0.151. The molecule has 0 aromatic heterocycles. The highest BCUT2D eigenvalue weighted by Gasteiger charge is 2.19. The monoisotopic (exact) mass is 304 g/mol. The second-order valence-electron chi connectivity index (χ2n) is 4.90. The maximum atomic E-state index is 11.4. The summed E-state index contributed by atoms with van der Waals surface area (Å²) in [5, 5.41) is 9.95. The van der Waals surface area contributed by atoms with Crippen molar-refractivity contribution in [1.82, 2.24) is 0 Å². The molecule has 0 amide bonds. The molecular weight excluding hydrogens is 288 g/mol. The van der Waals surface area contributed by atoms with E-state index in [4.69, 9.17) is 16.3 Å². The van der Waals surface area contributed by atoms with Gasteiger partial charge in [-0.15, -0.1) is 0 Å². The van der Waals surface area contributed by atoms with E-state index in [0.29, 0.717) is 11.4 Å². The molecule has 0 saturated heterocycles. The quantitative estimate of drug-likeness (QED) is 0.881. The topological polar surface area (TPSA) is 46.5 Å². The lowest BCUT2D eigenvalue weighted by Crippen LogP contribution is -2.26.